The van der Waals surface area contributed by atoms with E-state index < -0.39 is 0 Å². The van der Waals surface area contributed by atoms with Gasteiger partial charge in [-0.15, -0.1) is 0 Å². The molecule has 0 amide bonds. The van der Waals surface area contributed by atoms with Gasteiger partial charge in [0.05, 0.1) is 12.3 Å². The van der Waals surface area contributed by atoms with Gasteiger partial charge >= 0.3 is 0 Å². The molecule has 4 heteroatoms. The van der Waals surface area contributed by atoms with Crippen molar-refractivity contribution in [1.29, 1.82) is 0 Å². The average Bonchev–Trinajstić information content (AvgIpc) is 2.93. The highest BCUT2D eigenvalue weighted by molar-refractivity contribution is 5.06. The molecule has 0 spiro atoms. The lowest BCUT2D eigenvalue weighted by molar-refractivity contribution is 0.0971. The molecule has 0 saturated carbocycles. The van der Waals surface area contributed by atoms with Crippen molar-refractivity contribution in [2.45, 2.75) is 64.5 Å². The van der Waals surface area contributed by atoms with Crippen molar-refractivity contribution in [3.8, 4) is 0 Å². The summed E-state index contributed by atoms with van der Waals surface area (Å²) in [5, 5.41) is 3.44. The number of hydrogen-bond acceptors (Lipinski definition) is 4. The number of aromatic nitrogens is 1. The Kier molecular flexibility index (Phi) is 4.63. The van der Waals surface area contributed by atoms with E-state index in [9.17, 15) is 0 Å². The summed E-state index contributed by atoms with van der Waals surface area (Å²) in [5.74, 6) is 2.21. The van der Waals surface area contributed by atoms with Gasteiger partial charge in [0.25, 0.3) is 0 Å². The van der Waals surface area contributed by atoms with Crippen LogP contribution in [0.5, 0.6) is 0 Å². The summed E-state index contributed by atoms with van der Waals surface area (Å²) in [7, 11) is 0. The highest BCUT2D eigenvalue weighted by Gasteiger charge is 2.31. The van der Waals surface area contributed by atoms with Crippen LogP contribution in [0.2, 0.25) is 0 Å². The van der Waals surface area contributed by atoms with Crippen LogP contribution in [-0.4, -0.2) is 29.8 Å². The Morgan fingerprint density at radius 2 is 2.21 bits per heavy atom. The van der Waals surface area contributed by atoms with Crippen LogP contribution in [0, 0.1) is 0 Å². The van der Waals surface area contributed by atoms with Gasteiger partial charge in [-0.1, -0.05) is 6.92 Å². The van der Waals surface area contributed by atoms with Gasteiger partial charge in [0.1, 0.15) is 5.76 Å². The molecule has 19 heavy (non-hydrogen) atoms. The molecule has 1 aromatic heterocycles. The standard InChI is InChI=1S/C15H26N2O2/c1-5-12-11(7-9-18-12)13-10-16-14(19-13)6-8-17-15(2,3)4/h10-12,17H,5-9H2,1-4H3. The Morgan fingerprint density at radius 1 is 1.42 bits per heavy atom. The Bertz CT molecular complexity index is 395. The lowest BCUT2D eigenvalue weighted by atomic mass is 9.97. The second kappa shape index (κ2) is 6.06. The van der Waals surface area contributed by atoms with Crippen molar-refractivity contribution in [2.75, 3.05) is 13.2 Å². The molecular weight excluding hydrogens is 240 g/mol. The van der Waals surface area contributed by atoms with Crippen LogP contribution in [-0.2, 0) is 11.2 Å². The molecule has 1 aliphatic heterocycles. The van der Waals surface area contributed by atoms with Crippen molar-refractivity contribution in [1.82, 2.24) is 10.3 Å². The van der Waals surface area contributed by atoms with Gasteiger partial charge in [-0.05, 0) is 33.6 Å². The van der Waals surface area contributed by atoms with Gasteiger partial charge in [-0.2, -0.15) is 0 Å². The van der Waals surface area contributed by atoms with Gasteiger partial charge in [-0.3, -0.25) is 0 Å². The molecule has 1 aromatic rings. The molecule has 0 radical (unpaired) electrons. The summed E-state index contributed by atoms with van der Waals surface area (Å²) in [6, 6.07) is 0. The Balaban J connectivity index is 1.88. The second-order valence-corrected chi connectivity index (χ2v) is 6.30. The van der Waals surface area contributed by atoms with E-state index in [1.54, 1.807) is 0 Å². The van der Waals surface area contributed by atoms with E-state index in [4.69, 9.17) is 9.15 Å². The van der Waals surface area contributed by atoms with Crippen LogP contribution < -0.4 is 5.32 Å². The van der Waals surface area contributed by atoms with Crippen LogP contribution in [0.4, 0.5) is 0 Å². The lowest BCUT2D eigenvalue weighted by Gasteiger charge is -2.19. The molecule has 1 fully saturated rings. The third-order valence-electron chi connectivity index (χ3n) is 3.54. The molecule has 108 valence electrons. The van der Waals surface area contributed by atoms with E-state index in [1.165, 1.54) is 0 Å². The van der Waals surface area contributed by atoms with Gasteiger partial charge in [0.15, 0.2) is 5.89 Å². The SMILES string of the molecule is CCC1OCCC1c1cnc(CCNC(C)(C)C)o1. The second-order valence-electron chi connectivity index (χ2n) is 6.30. The molecule has 0 aromatic carbocycles. The van der Waals surface area contributed by atoms with Gasteiger partial charge in [0.2, 0.25) is 0 Å². The molecule has 1 aliphatic rings. The van der Waals surface area contributed by atoms with Crippen molar-refractivity contribution in [2.24, 2.45) is 0 Å². The van der Waals surface area contributed by atoms with E-state index >= 15 is 0 Å². The van der Waals surface area contributed by atoms with Crippen molar-refractivity contribution in [3.05, 3.63) is 17.8 Å². The highest BCUT2D eigenvalue weighted by Crippen LogP contribution is 2.33. The smallest absolute Gasteiger partial charge is 0.195 e. The first-order chi connectivity index (χ1) is 8.99. The number of hydrogen-bond donors (Lipinski definition) is 1. The zero-order chi connectivity index (χ0) is 13.9. The maximum atomic E-state index is 5.88. The van der Waals surface area contributed by atoms with Crippen LogP contribution in [0.25, 0.3) is 0 Å². The van der Waals surface area contributed by atoms with E-state index in [0.29, 0.717) is 12.0 Å². The summed E-state index contributed by atoms with van der Waals surface area (Å²) in [5.41, 5.74) is 0.141. The first-order valence-corrected chi connectivity index (χ1v) is 7.31. The normalized spacial score (nSPS) is 24.0. The molecule has 0 bridgehead atoms. The molecule has 0 aliphatic carbocycles. The monoisotopic (exact) mass is 266 g/mol. The fraction of sp³-hybridized carbons (Fsp3) is 0.800. The molecule has 2 heterocycles. The Labute approximate surface area is 115 Å². The summed E-state index contributed by atoms with van der Waals surface area (Å²) in [6.45, 7) is 10.4. The zero-order valence-electron chi connectivity index (χ0n) is 12.5. The number of rotatable bonds is 5. The number of nitrogens with one attached hydrogen (secondary N) is 1. The molecule has 2 unspecified atom stereocenters. The van der Waals surface area contributed by atoms with Gasteiger partial charge < -0.3 is 14.5 Å². The zero-order valence-corrected chi connectivity index (χ0v) is 12.5. The predicted molar refractivity (Wildman–Crippen MR) is 75.4 cm³/mol. The predicted octanol–water partition coefficient (Wildman–Crippen LogP) is 2.89. The summed E-state index contributed by atoms with van der Waals surface area (Å²) >= 11 is 0. The minimum Gasteiger partial charge on any atom is -0.445 e. The molecule has 1 N–H and O–H groups in total. The fourth-order valence-electron chi connectivity index (χ4n) is 2.53. The van der Waals surface area contributed by atoms with Gasteiger partial charge in [-0.25, -0.2) is 4.98 Å². The molecule has 2 atom stereocenters. The minimum absolute atomic E-state index is 0.141. The number of nitrogens with zero attached hydrogens (tertiary/aromatic N) is 1. The molecule has 1 saturated heterocycles. The minimum atomic E-state index is 0.141. The van der Waals surface area contributed by atoms with Crippen LogP contribution in [0.1, 0.15) is 58.1 Å². The lowest BCUT2D eigenvalue weighted by Crippen LogP contribution is -2.37. The van der Waals surface area contributed by atoms with E-state index in [-0.39, 0.29) is 5.54 Å². The van der Waals surface area contributed by atoms with Gasteiger partial charge in [0, 0.05) is 31.0 Å². The third kappa shape index (κ3) is 4.05. The maximum absolute atomic E-state index is 5.88. The van der Waals surface area contributed by atoms with E-state index in [2.05, 4.69) is 38.0 Å². The molecule has 2 rings (SSSR count). The Hall–Kier alpha value is -0.870. The van der Waals surface area contributed by atoms with E-state index in [0.717, 1.165) is 44.1 Å². The third-order valence-corrected chi connectivity index (χ3v) is 3.54. The first-order valence-electron chi connectivity index (χ1n) is 7.31. The molecular formula is C15H26N2O2. The first kappa shape index (κ1) is 14.5. The van der Waals surface area contributed by atoms with Crippen molar-refractivity contribution >= 4 is 0 Å². The topological polar surface area (TPSA) is 47.3 Å². The van der Waals surface area contributed by atoms with Crippen molar-refractivity contribution < 1.29 is 9.15 Å². The maximum Gasteiger partial charge on any atom is 0.195 e. The summed E-state index contributed by atoms with van der Waals surface area (Å²) < 4.78 is 11.6. The van der Waals surface area contributed by atoms with Crippen LogP contribution in [0.3, 0.4) is 0 Å². The summed E-state index contributed by atoms with van der Waals surface area (Å²) in [4.78, 5) is 4.39. The van der Waals surface area contributed by atoms with Crippen molar-refractivity contribution in [3.63, 3.8) is 0 Å². The Morgan fingerprint density at radius 3 is 2.89 bits per heavy atom. The number of oxazole rings is 1. The quantitative estimate of drug-likeness (QED) is 0.890. The fourth-order valence-corrected chi connectivity index (χ4v) is 2.53. The largest absolute Gasteiger partial charge is 0.445 e. The number of ether oxygens (including phenoxy) is 1. The van der Waals surface area contributed by atoms with Crippen LogP contribution in [0.15, 0.2) is 10.6 Å². The van der Waals surface area contributed by atoms with Crippen LogP contribution >= 0.6 is 0 Å². The summed E-state index contributed by atoms with van der Waals surface area (Å²) in [6.07, 6.45) is 5.10. The highest BCUT2D eigenvalue weighted by atomic mass is 16.5. The molecule has 4 nitrogen and oxygen atoms in total. The average molecular weight is 266 g/mol. The van der Waals surface area contributed by atoms with E-state index in [1.807, 2.05) is 6.20 Å².